The molecule has 0 saturated carbocycles. The number of amides is 1. The Morgan fingerprint density at radius 1 is 1.60 bits per heavy atom. The molecule has 1 unspecified atom stereocenters. The molecule has 0 radical (unpaired) electrons. The van der Waals surface area contributed by atoms with Crippen molar-refractivity contribution in [3.63, 3.8) is 0 Å². The maximum absolute atomic E-state index is 11.7. The maximum Gasteiger partial charge on any atom is 0.254 e. The third-order valence-corrected chi connectivity index (χ3v) is 3.18. The molecule has 1 atom stereocenters. The highest BCUT2D eigenvalue weighted by atomic mass is 79.9. The van der Waals surface area contributed by atoms with Gasteiger partial charge in [0.2, 0.25) is 0 Å². The van der Waals surface area contributed by atoms with Gasteiger partial charge in [-0.15, -0.1) is 0 Å². The minimum Gasteiger partial charge on any atom is -0.466 e. The number of alkyl halides is 1. The van der Waals surface area contributed by atoms with Crippen LogP contribution in [0.15, 0.2) is 10.5 Å². The lowest BCUT2D eigenvalue weighted by molar-refractivity contribution is 0.0952. The topological polar surface area (TPSA) is 42.2 Å². The van der Waals surface area contributed by atoms with Gasteiger partial charge in [0, 0.05) is 11.4 Å². The molecule has 0 aliphatic rings. The van der Waals surface area contributed by atoms with E-state index in [1.807, 2.05) is 6.92 Å². The molecule has 0 fully saturated rings. The number of halogens is 1. The summed E-state index contributed by atoms with van der Waals surface area (Å²) in [7, 11) is 0. The van der Waals surface area contributed by atoms with Crippen molar-refractivity contribution in [3.05, 3.63) is 23.2 Å². The Kier molecular flexibility index (Phi) is 4.39. The highest BCUT2D eigenvalue weighted by Crippen LogP contribution is 2.13. The lowest BCUT2D eigenvalue weighted by Crippen LogP contribution is -2.29. The lowest BCUT2D eigenvalue weighted by atomic mass is 10.2. The van der Waals surface area contributed by atoms with Gasteiger partial charge >= 0.3 is 0 Å². The molecule has 0 spiro atoms. The van der Waals surface area contributed by atoms with Crippen molar-refractivity contribution in [3.8, 4) is 0 Å². The Labute approximate surface area is 98.4 Å². The second-order valence-corrected chi connectivity index (χ2v) is 4.84. The molecule has 1 aromatic rings. The van der Waals surface area contributed by atoms with Gasteiger partial charge in [0.1, 0.15) is 11.5 Å². The van der Waals surface area contributed by atoms with E-state index >= 15 is 0 Å². The molecule has 1 N–H and O–H groups in total. The van der Waals surface area contributed by atoms with Crippen molar-refractivity contribution in [1.82, 2.24) is 5.32 Å². The smallest absolute Gasteiger partial charge is 0.254 e. The number of nitrogens with one attached hydrogen (secondary N) is 1. The Morgan fingerprint density at radius 2 is 2.27 bits per heavy atom. The van der Waals surface area contributed by atoms with Gasteiger partial charge in [-0.2, -0.15) is 0 Å². The predicted molar refractivity (Wildman–Crippen MR) is 63.5 cm³/mol. The zero-order valence-corrected chi connectivity index (χ0v) is 10.8. The first-order valence-electron chi connectivity index (χ1n) is 5.04. The zero-order chi connectivity index (χ0) is 11.4. The van der Waals surface area contributed by atoms with Gasteiger partial charge in [-0.25, -0.2) is 0 Å². The second-order valence-electron chi connectivity index (χ2n) is 3.54. The Morgan fingerprint density at radius 3 is 2.73 bits per heavy atom. The van der Waals surface area contributed by atoms with Crippen LogP contribution in [0.25, 0.3) is 0 Å². The van der Waals surface area contributed by atoms with E-state index in [2.05, 4.69) is 28.2 Å². The molecule has 15 heavy (non-hydrogen) atoms. The molecule has 0 aliphatic heterocycles. The Balaban J connectivity index is 2.58. The first-order valence-corrected chi connectivity index (χ1v) is 5.95. The molecule has 3 nitrogen and oxygen atoms in total. The third-order valence-electron chi connectivity index (χ3n) is 2.21. The number of hydrogen-bond acceptors (Lipinski definition) is 2. The first-order chi connectivity index (χ1) is 7.04. The number of carbonyl (C=O) groups is 1. The lowest BCUT2D eigenvalue weighted by Gasteiger charge is -2.07. The molecular formula is C11H16BrNO2. The van der Waals surface area contributed by atoms with Gasteiger partial charge in [0.15, 0.2) is 0 Å². The largest absolute Gasteiger partial charge is 0.466 e. The number of furan rings is 1. The summed E-state index contributed by atoms with van der Waals surface area (Å²) in [4.78, 5) is 12.0. The SMILES string of the molecule is CCC(Br)CNC(=O)c1cc(C)oc1C. The summed E-state index contributed by atoms with van der Waals surface area (Å²) in [6.07, 6.45) is 0.990. The van der Waals surface area contributed by atoms with Gasteiger partial charge in [0.05, 0.1) is 5.56 Å². The number of aryl methyl sites for hydroxylation is 2. The van der Waals surface area contributed by atoms with Crippen molar-refractivity contribution < 1.29 is 9.21 Å². The van der Waals surface area contributed by atoms with Crippen molar-refractivity contribution in [2.24, 2.45) is 0 Å². The van der Waals surface area contributed by atoms with Crippen molar-refractivity contribution in [2.75, 3.05) is 6.54 Å². The van der Waals surface area contributed by atoms with Gasteiger partial charge in [-0.1, -0.05) is 22.9 Å². The highest BCUT2D eigenvalue weighted by Gasteiger charge is 2.13. The number of carbonyl (C=O) groups excluding carboxylic acids is 1. The summed E-state index contributed by atoms with van der Waals surface area (Å²) in [6, 6.07) is 1.76. The average Bonchev–Trinajstić information content (AvgIpc) is 2.53. The van der Waals surface area contributed by atoms with Crippen LogP contribution in [0.5, 0.6) is 0 Å². The van der Waals surface area contributed by atoms with E-state index in [0.717, 1.165) is 12.2 Å². The van der Waals surface area contributed by atoms with Gasteiger partial charge in [-0.3, -0.25) is 4.79 Å². The monoisotopic (exact) mass is 273 g/mol. The molecule has 4 heteroatoms. The predicted octanol–water partition coefficient (Wildman–Crippen LogP) is 2.80. The van der Waals surface area contributed by atoms with Gasteiger partial charge in [0.25, 0.3) is 5.91 Å². The molecular weight excluding hydrogens is 258 g/mol. The molecule has 0 aromatic carbocycles. The molecule has 1 amide bonds. The van der Waals surface area contributed by atoms with Crippen LogP contribution in [0.3, 0.4) is 0 Å². The Bertz CT molecular complexity index is 346. The molecule has 0 bridgehead atoms. The van der Waals surface area contributed by atoms with E-state index in [9.17, 15) is 4.79 Å². The van der Waals surface area contributed by atoms with Gasteiger partial charge < -0.3 is 9.73 Å². The van der Waals surface area contributed by atoms with E-state index in [4.69, 9.17) is 4.42 Å². The van der Waals surface area contributed by atoms with Crippen LogP contribution in [0.4, 0.5) is 0 Å². The number of rotatable bonds is 4. The molecule has 1 aromatic heterocycles. The fourth-order valence-corrected chi connectivity index (χ4v) is 1.46. The van der Waals surface area contributed by atoms with Crippen LogP contribution in [0.1, 0.15) is 35.2 Å². The Hall–Kier alpha value is -0.770. The summed E-state index contributed by atoms with van der Waals surface area (Å²) in [6.45, 7) is 6.34. The molecule has 1 rings (SSSR count). The molecule has 0 aliphatic carbocycles. The molecule has 84 valence electrons. The normalized spacial score (nSPS) is 12.5. The van der Waals surface area contributed by atoms with Crippen LogP contribution >= 0.6 is 15.9 Å². The average molecular weight is 274 g/mol. The van der Waals surface area contributed by atoms with E-state index in [0.29, 0.717) is 22.7 Å². The van der Waals surface area contributed by atoms with Crippen LogP contribution in [-0.4, -0.2) is 17.3 Å². The zero-order valence-electron chi connectivity index (χ0n) is 9.26. The first kappa shape index (κ1) is 12.3. The quantitative estimate of drug-likeness (QED) is 0.858. The third kappa shape index (κ3) is 3.38. The second kappa shape index (κ2) is 5.35. The summed E-state index contributed by atoms with van der Waals surface area (Å²) in [5, 5.41) is 2.86. The fourth-order valence-electron chi connectivity index (χ4n) is 1.30. The highest BCUT2D eigenvalue weighted by molar-refractivity contribution is 9.09. The minimum atomic E-state index is -0.0674. The molecule has 0 saturated heterocycles. The molecule has 1 heterocycles. The summed E-state index contributed by atoms with van der Waals surface area (Å²) < 4.78 is 5.30. The van der Waals surface area contributed by atoms with E-state index in [1.54, 1.807) is 13.0 Å². The standard InChI is InChI=1S/C11H16BrNO2/c1-4-9(12)6-13-11(14)10-5-7(2)15-8(10)3/h5,9H,4,6H2,1-3H3,(H,13,14). The van der Waals surface area contributed by atoms with E-state index in [-0.39, 0.29) is 5.91 Å². The fraction of sp³-hybridized carbons (Fsp3) is 0.545. The van der Waals surface area contributed by atoms with E-state index < -0.39 is 0 Å². The summed E-state index contributed by atoms with van der Waals surface area (Å²) >= 11 is 3.46. The van der Waals surface area contributed by atoms with Crippen LogP contribution in [0.2, 0.25) is 0 Å². The maximum atomic E-state index is 11.7. The van der Waals surface area contributed by atoms with Crippen LogP contribution in [-0.2, 0) is 0 Å². The summed E-state index contributed by atoms with van der Waals surface area (Å²) in [5.41, 5.74) is 0.628. The number of hydrogen-bond donors (Lipinski definition) is 1. The van der Waals surface area contributed by atoms with Gasteiger partial charge in [-0.05, 0) is 26.3 Å². The van der Waals surface area contributed by atoms with Crippen LogP contribution in [0, 0.1) is 13.8 Å². The summed E-state index contributed by atoms with van der Waals surface area (Å²) in [5.74, 6) is 1.37. The van der Waals surface area contributed by atoms with Crippen molar-refractivity contribution in [1.29, 1.82) is 0 Å². The van der Waals surface area contributed by atoms with Crippen molar-refractivity contribution >= 4 is 21.8 Å². The van der Waals surface area contributed by atoms with E-state index in [1.165, 1.54) is 0 Å². The van der Waals surface area contributed by atoms with Crippen LogP contribution < -0.4 is 5.32 Å². The van der Waals surface area contributed by atoms with Crippen molar-refractivity contribution in [2.45, 2.75) is 32.0 Å². The minimum absolute atomic E-state index is 0.0674.